The highest BCUT2D eigenvalue weighted by Crippen LogP contribution is 2.39. The number of H-pyrrole nitrogens is 1. The highest BCUT2D eigenvalue weighted by Gasteiger charge is 2.30. The van der Waals surface area contributed by atoms with Gasteiger partial charge >= 0.3 is 0 Å². The van der Waals surface area contributed by atoms with Crippen LogP contribution in [0.5, 0.6) is 0 Å². The lowest BCUT2D eigenvalue weighted by Gasteiger charge is -2.41. The van der Waals surface area contributed by atoms with E-state index >= 15 is 0 Å². The number of nitrogens with one attached hydrogen (secondary N) is 1. The van der Waals surface area contributed by atoms with Crippen LogP contribution in [-0.2, 0) is 7.05 Å². The van der Waals surface area contributed by atoms with Crippen molar-refractivity contribution in [1.82, 2.24) is 14.5 Å². The van der Waals surface area contributed by atoms with Crippen LogP contribution in [0.1, 0.15) is 94.7 Å². The fraction of sp³-hybridized carbons (Fsp3) is 0.594. The van der Waals surface area contributed by atoms with Gasteiger partial charge in [0.1, 0.15) is 0 Å². The number of piperidine rings is 1. The first-order valence-electron chi connectivity index (χ1n) is 14.3. The van der Waals surface area contributed by atoms with Crippen LogP contribution in [0.25, 0.3) is 22.2 Å². The molecule has 0 spiro atoms. The molecule has 0 radical (unpaired) electrons. The van der Waals surface area contributed by atoms with E-state index in [1.165, 1.54) is 73.6 Å². The van der Waals surface area contributed by atoms with Gasteiger partial charge in [-0.05, 0) is 112 Å². The molecule has 1 N–H and O–H groups in total. The van der Waals surface area contributed by atoms with E-state index in [4.69, 9.17) is 0 Å². The minimum absolute atomic E-state index is 0.0718. The molecule has 5 rings (SSSR count). The van der Waals surface area contributed by atoms with E-state index < -0.39 is 0 Å². The van der Waals surface area contributed by atoms with Crippen molar-refractivity contribution in [1.29, 1.82) is 0 Å². The fourth-order valence-electron chi connectivity index (χ4n) is 7.06. The minimum Gasteiger partial charge on any atom is -0.354 e. The molecule has 194 valence electrons. The highest BCUT2D eigenvalue weighted by molar-refractivity contribution is 5.92. The van der Waals surface area contributed by atoms with Gasteiger partial charge in [-0.2, -0.15) is 0 Å². The number of aromatic nitrogens is 2. The minimum atomic E-state index is 0.0718. The molecule has 1 aliphatic heterocycles. The van der Waals surface area contributed by atoms with Crippen LogP contribution in [0.15, 0.2) is 35.3 Å². The molecule has 3 heterocycles. The van der Waals surface area contributed by atoms with E-state index in [-0.39, 0.29) is 5.56 Å². The molecule has 1 aromatic carbocycles. The van der Waals surface area contributed by atoms with Crippen LogP contribution in [0.3, 0.4) is 0 Å². The number of rotatable bonds is 5. The second kappa shape index (κ2) is 10.2. The van der Waals surface area contributed by atoms with Crippen molar-refractivity contribution in [3.8, 4) is 11.3 Å². The van der Waals surface area contributed by atoms with Crippen LogP contribution < -0.4 is 5.56 Å². The predicted octanol–water partition coefficient (Wildman–Crippen LogP) is 7.36. The van der Waals surface area contributed by atoms with Crippen LogP contribution in [-0.4, -0.2) is 33.6 Å². The van der Waals surface area contributed by atoms with Crippen molar-refractivity contribution in [2.75, 3.05) is 13.1 Å². The molecule has 2 fully saturated rings. The van der Waals surface area contributed by atoms with E-state index in [0.29, 0.717) is 11.8 Å². The van der Waals surface area contributed by atoms with Crippen molar-refractivity contribution in [2.24, 2.45) is 18.9 Å². The van der Waals surface area contributed by atoms with E-state index in [2.05, 4.69) is 55.8 Å². The van der Waals surface area contributed by atoms with E-state index in [1.54, 1.807) is 4.57 Å². The first kappa shape index (κ1) is 25.3. The van der Waals surface area contributed by atoms with Gasteiger partial charge in [0.15, 0.2) is 0 Å². The monoisotopic (exact) mass is 487 g/mol. The van der Waals surface area contributed by atoms with Crippen LogP contribution in [0.4, 0.5) is 0 Å². The molecule has 1 aliphatic carbocycles. The zero-order valence-corrected chi connectivity index (χ0v) is 23.2. The van der Waals surface area contributed by atoms with Crippen molar-refractivity contribution < 1.29 is 0 Å². The number of benzene rings is 1. The SMILES string of the molecule is Cc1cc(-c2[nH]c3ccc(C4CCN(C5CCC(C(C)C)CC5)CC4)cc3c2C(C)C)cn(C)c1=O. The van der Waals surface area contributed by atoms with Gasteiger partial charge < -0.3 is 14.5 Å². The van der Waals surface area contributed by atoms with Crippen LogP contribution in [0, 0.1) is 18.8 Å². The standard InChI is InChI=1S/C32H45N3O/c1-20(2)23-7-10-27(11-8-23)35-15-13-24(14-16-35)25-9-12-29-28(18-25)30(21(3)4)31(33-29)26-17-22(5)32(36)34(6)19-26/h9,12,17-21,23-24,27,33H,7-8,10-11,13-16H2,1-6H3. The maximum absolute atomic E-state index is 12.3. The number of aromatic amines is 1. The van der Waals surface area contributed by atoms with Gasteiger partial charge in [-0.1, -0.05) is 33.8 Å². The summed E-state index contributed by atoms with van der Waals surface area (Å²) in [6, 6.07) is 9.95. The van der Waals surface area contributed by atoms with E-state index in [0.717, 1.165) is 34.7 Å². The Morgan fingerprint density at radius 1 is 0.944 bits per heavy atom. The summed E-state index contributed by atoms with van der Waals surface area (Å²) >= 11 is 0. The zero-order chi connectivity index (χ0) is 25.6. The van der Waals surface area contributed by atoms with Gasteiger partial charge in [0.2, 0.25) is 0 Å². The average molecular weight is 488 g/mol. The molecule has 0 amide bonds. The molecular formula is C32H45N3O. The van der Waals surface area contributed by atoms with Crippen LogP contribution in [0.2, 0.25) is 0 Å². The average Bonchev–Trinajstić information content (AvgIpc) is 3.26. The molecule has 1 saturated heterocycles. The second-order valence-electron chi connectivity index (χ2n) is 12.3. The topological polar surface area (TPSA) is 41.0 Å². The predicted molar refractivity (Wildman–Crippen MR) is 152 cm³/mol. The summed E-state index contributed by atoms with van der Waals surface area (Å²) in [5.74, 6) is 2.82. The molecular weight excluding hydrogens is 442 g/mol. The molecule has 0 bridgehead atoms. The van der Waals surface area contributed by atoms with Crippen LogP contribution >= 0.6 is 0 Å². The smallest absolute Gasteiger partial charge is 0.253 e. The zero-order valence-electron chi connectivity index (χ0n) is 23.2. The first-order chi connectivity index (χ1) is 17.2. The second-order valence-corrected chi connectivity index (χ2v) is 12.3. The summed E-state index contributed by atoms with van der Waals surface area (Å²) in [4.78, 5) is 18.8. The van der Waals surface area contributed by atoms with Gasteiger partial charge in [-0.15, -0.1) is 0 Å². The molecule has 4 nitrogen and oxygen atoms in total. The number of likely N-dealkylation sites (tertiary alicyclic amines) is 1. The van der Waals surface area contributed by atoms with Gasteiger partial charge in [0, 0.05) is 41.3 Å². The number of hydrogen-bond donors (Lipinski definition) is 1. The summed E-state index contributed by atoms with van der Waals surface area (Å²) in [7, 11) is 1.84. The Labute approximate surface area is 217 Å². The fourth-order valence-corrected chi connectivity index (χ4v) is 7.06. The normalized spacial score (nSPS) is 22.2. The van der Waals surface area contributed by atoms with Gasteiger partial charge in [0.25, 0.3) is 5.56 Å². The third-order valence-corrected chi connectivity index (χ3v) is 9.29. The van der Waals surface area contributed by atoms with Gasteiger partial charge in [0.05, 0.1) is 5.69 Å². The summed E-state index contributed by atoms with van der Waals surface area (Å²) < 4.78 is 1.70. The quantitative estimate of drug-likeness (QED) is 0.408. The van der Waals surface area contributed by atoms with E-state index in [9.17, 15) is 4.79 Å². The third kappa shape index (κ3) is 4.81. The molecule has 1 saturated carbocycles. The summed E-state index contributed by atoms with van der Waals surface area (Å²) in [6.45, 7) is 13.7. The Bertz CT molecular complexity index is 1240. The Hall–Kier alpha value is -2.33. The van der Waals surface area contributed by atoms with Gasteiger partial charge in [-0.25, -0.2) is 0 Å². The molecule has 2 aliphatic rings. The molecule has 36 heavy (non-hydrogen) atoms. The Kier molecular flexibility index (Phi) is 7.18. The molecule has 0 atom stereocenters. The molecule has 3 aromatic rings. The summed E-state index contributed by atoms with van der Waals surface area (Å²) in [5, 5.41) is 1.35. The first-order valence-corrected chi connectivity index (χ1v) is 14.3. The van der Waals surface area contributed by atoms with Crippen molar-refractivity contribution in [3.63, 3.8) is 0 Å². The number of fused-ring (bicyclic) bond motifs is 1. The maximum atomic E-state index is 12.3. The molecule has 0 unspecified atom stereocenters. The Morgan fingerprint density at radius 3 is 2.25 bits per heavy atom. The summed E-state index contributed by atoms with van der Waals surface area (Å²) in [6.07, 6.45) is 10.1. The lowest BCUT2D eigenvalue weighted by Crippen LogP contribution is -2.43. The van der Waals surface area contributed by atoms with Crippen molar-refractivity contribution in [2.45, 2.75) is 91.0 Å². The number of aryl methyl sites for hydroxylation is 2. The lowest BCUT2D eigenvalue weighted by atomic mass is 9.78. The summed E-state index contributed by atoms with van der Waals surface area (Å²) in [5.41, 5.74) is 7.16. The Morgan fingerprint density at radius 2 is 1.64 bits per heavy atom. The lowest BCUT2D eigenvalue weighted by molar-refractivity contribution is 0.0982. The molecule has 4 heteroatoms. The Balaban J connectivity index is 1.36. The van der Waals surface area contributed by atoms with Gasteiger partial charge in [-0.3, -0.25) is 4.79 Å². The largest absolute Gasteiger partial charge is 0.354 e. The third-order valence-electron chi connectivity index (χ3n) is 9.29. The number of hydrogen-bond acceptors (Lipinski definition) is 2. The number of pyridine rings is 1. The maximum Gasteiger partial charge on any atom is 0.253 e. The van der Waals surface area contributed by atoms with E-state index in [1.807, 2.05) is 26.2 Å². The number of nitrogens with zero attached hydrogens (tertiary/aromatic N) is 2. The van der Waals surface area contributed by atoms with Crippen molar-refractivity contribution >= 4 is 10.9 Å². The highest BCUT2D eigenvalue weighted by atomic mass is 16.1. The van der Waals surface area contributed by atoms with Crippen molar-refractivity contribution in [3.05, 3.63) is 57.5 Å². The molecule has 2 aromatic heterocycles.